The summed E-state index contributed by atoms with van der Waals surface area (Å²) in [5.41, 5.74) is 35.4. The minimum absolute atomic E-state index is 0. The SMILES string of the molecule is C.CCO.COc1ccc(-c2nc3ccc(S(=O)(=O)Cl)cc3nc2-c2ccc(OC)cc2)cc1.COc1ccc(-c2nc3ccc(S(=O)(=O)O)cc3nc2-c2ccc(OC)cc2)cc1.COc1ccc(-c2nc3ccc(S(N)(=O)=O)cc3nc2-c2ccc(OC)cc2)cc1.COc1ccc(C(=O)C(=O)c2ccc(OC)cc2)cc1.Nc1ccc(S(=O)(=O)O)cc1N.Nc1ccccc1N.O.O=S(Cl)Cl.[2H]CF.[2H]S(=O)(Cl)(Cl)CF. The van der Waals surface area contributed by atoms with E-state index in [9.17, 15) is 60.8 Å². The van der Waals surface area contributed by atoms with Crippen molar-refractivity contribution >= 4 is 178 Å². The molecule has 147 heavy (non-hydrogen) atoms. The number of aromatic nitrogens is 6. The molecule has 16 rings (SSSR count). The first kappa shape index (κ1) is 120. The van der Waals surface area contributed by atoms with Gasteiger partial charge in [0.2, 0.25) is 30.8 Å². The second-order valence-electron chi connectivity index (χ2n) is 28.7. The van der Waals surface area contributed by atoms with Gasteiger partial charge in [-0.1, -0.05) is 19.6 Å². The van der Waals surface area contributed by atoms with Crippen molar-refractivity contribution in [3.05, 3.63) is 302 Å². The third-order valence-electron chi connectivity index (χ3n) is 19.4. The van der Waals surface area contributed by atoms with Gasteiger partial charge in [0.25, 0.3) is 29.3 Å². The van der Waals surface area contributed by atoms with Gasteiger partial charge in [-0.05, 0) is 307 Å². The van der Waals surface area contributed by atoms with Gasteiger partial charge >= 0.3 is 0 Å². The predicted octanol–water partition coefficient (Wildman–Crippen LogP) is 19.2. The van der Waals surface area contributed by atoms with Crippen LogP contribution in [0.3, 0.4) is 0 Å². The van der Waals surface area contributed by atoms with Crippen molar-refractivity contribution < 1.29 is 119 Å². The number of primary sulfonamides is 1. The molecule has 0 aliphatic heterocycles. The zero-order valence-corrected chi connectivity index (χ0v) is 87.2. The number of ether oxygens (including phenoxy) is 8. The average Bonchev–Trinajstić information content (AvgIpc) is 0.775. The van der Waals surface area contributed by atoms with Crippen molar-refractivity contribution in [2.45, 2.75) is 33.9 Å². The number of nitrogens with zero attached hydrogens (tertiary/aromatic N) is 6. The molecule has 13 aromatic carbocycles. The number of carbonyl (C=O) groups is 2. The van der Waals surface area contributed by atoms with Crippen LogP contribution >= 0.6 is 53.4 Å². The van der Waals surface area contributed by atoms with Crippen LogP contribution < -0.4 is 66.0 Å². The Morgan fingerprint density at radius 3 is 0.776 bits per heavy atom. The van der Waals surface area contributed by atoms with Gasteiger partial charge in [-0.15, -0.1) is 0 Å². The first-order valence-corrected chi connectivity index (χ1v) is 54.1. The van der Waals surface area contributed by atoms with Gasteiger partial charge in [-0.2, -0.15) is 16.8 Å². The van der Waals surface area contributed by atoms with E-state index in [0.29, 0.717) is 113 Å². The number of rotatable bonds is 22. The molecule has 48 heteroatoms. The van der Waals surface area contributed by atoms with Crippen LogP contribution in [-0.4, -0.2) is 181 Å². The summed E-state index contributed by atoms with van der Waals surface area (Å²) in [5.74, 6) is 4.51. The number of nitrogens with two attached hydrogens (primary N) is 5. The van der Waals surface area contributed by atoms with E-state index in [-0.39, 0.29) is 50.5 Å². The second-order valence-corrected chi connectivity index (χ2v) is 42.9. The molecule has 0 saturated carbocycles. The summed E-state index contributed by atoms with van der Waals surface area (Å²) in [6.45, 7) is 1.93. The third kappa shape index (κ3) is 37.5. The number of Topliss-reactive ketones (excluding diaryl/α,β-unsaturated/α-hetero) is 2. The van der Waals surface area contributed by atoms with Crippen LogP contribution in [0.4, 0.5) is 31.5 Å². The minimum Gasteiger partial charge on any atom is -0.497 e. The quantitative estimate of drug-likeness (QED) is 0.00760. The third-order valence-corrected chi connectivity index (χ3v) is 24.1. The van der Waals surface area contributed by atoms with Gasteiger partial charge in [0.1, 0.15) is 47.1 Å². The second kappa shape index (κ2) is 58.4. The molecule has 3 heterocycles. The number of hydrogen-bond acceptors (Lipinski definition) is 31. The first-order chi connectivity index (χ1) is 69.4. The van der Waals surface area contributed by atoms with Crippen LogP contribution in [0, 0.1) is 0 Å². The Morgan fingerprint density at radius 1 is 0.381 bits per heavy atom. The molecule has 0 atom stereocenters. The number of methoxy groups -OCH3 is 8. The molecule has 0 saturated heterocycles. The maximum absolute atomic E-state index is 12.1. The number of aliphatic hydroxyl groups excluding tert-OH is 1. The lowest BCUT2D eigenvalue weighted by Gasteiger charge is -2.12. The van der Waals surface area contributed by atoms with Crippen LogP contribution in [0.1, 0.15) is 36.4 Å². The Hall–Kier alpha value is -14.0. The van der Waals surface area contributed by atoms with Gasteiger partial charge in [-0.3, -0.25) is 27.3 Å². The number of para-hydroxylation sites is 2. The maximum atomic E-state index is 12.1. The molecule has 3 aromatic heterocycles. The van der Waals surface area contributed by atoms with Crippen LogP contribution in [0.2, 0.25) is 0 Å². The number of benzene rings is 13. The summed E-state index contributed by atoms with van der Waals surface area (Å²) >= 11 is 0. The highest BCUT2D eigenvalue weighted by atomic mass is 36.0. The Kier molecular flexibility index (Phi) is 47.7. The van der Waals surface area contributed by atoms with E-state index in [1.807, 2.05) is 158 Å². The lowest BCUT2D eigenvalue weighted by Crippen LogP contribution is -2.14. The van der Waals surface area contributed by atoms with Crippen molar-refractivity contribution in [3.63, 3.8) is 0 Å². The number of ketones is 2. The van der Waals surface area contributed by atoms with Crippen LogP contribution in [-0.2, 0) is 56.8 Å². The maximum Gasteiger partial charge on any atom is 0.294 e. The molecule has 15 N–H and O–H groups in total. The highest BCUT2D eigenvalue weighted by Crippen LogP contribution is 2.39. The van der Waals surface area contributed by atoms with E-state index in [2.05, 4.69) is 47.7 Å². The molecule has 0 bridgehead atoms. The lowest BCUT2D eigenvalue weighted by atomic mass is 10.0. The molecule has 0 amide bonds. The predicted molar refractivity (Wildman–Crippen MR) is 577 cm³/mol. The molecule has 0 unspecified atom stereocenters. The highest BCUT2D eigenvalue weighted by Gasteiger charge is 2.24. The number of aliphatic hydroxyl groups is 1. The van der Waals surface area contributed by atoms with Crippen LogP contribution in [0.25, 0.3) is 101 Å². The number of hydrogen-bond donors (Lipinski definition) is 9. The topological polar surface area (TPSA) is 578 Å². The normalized spacial score (nSPS) is 11.1. The van der Waals surface area contributed by atoms with Gasteiger partial charge in [-0.25, -0.2) is 60.5 Å². The molecular formula is C99H102Cl5F2N11O24S6. The standard InChI is InChI=1S/C22H17ClN2O4S.C22H19N3O4S.C22H18N2O5S.C16H14O4.C6H8N2O3S.C6H8N2.C2H6O.CH3Cl2FOS.CH3F.CH4.Cl2OS.H2O/c2*1-28-16-7-3-14(4-8-16)21-22(15-5-9-17(29-2)10-6-15)25-20-13-18(30(23,26)27)11-12-19(20)24-21;1-28-16-7-3-14(4-8-16)21-22(15-5-9-17(29-2)10-6-15)24-20-13-18(30(25,26)27)11-12-19(20)23-21;1-19-13-7-3-11(4-8-13)15(17)16(18)12-5-9-14(20-2)10-6-12;7-5-2-1-4(3-6(5)8)12(9,10)11;7-5-3-1-2-4-6(5)8;1-2-3;2-6(3,5)1-4;1-2;;1-4(2)3;/h3-13H,1-2H3;3-13H,1-2H3,(H2,23,26,27);3-13H,1-2H3,(H,25,26,27);3-10H,1-2H3;1-3H,7-8H2,(H,9,10,11);1-4H,7-8H2;3H,2H2,1H3;6H,1H2;1H3;1H4;;1H2/i;;;;;;;6D;1D;;;. The lowest BCUT2D eigenvalue weighted by molar-refractivity contribution is 0.0817. The van der Waals surface area contributed by atoms with Gasteiger partial charge in [0.15, 0.2) is 6.01 Å². The van der Waals surface area contributed by atoms with E-state index >= 15 is 0 Å². The van der Waals surface area contributed by atoms with Gasteiger partial charge in [0, 0.05) is 83.2 Å². The highest BCUT2D eigenvalue weighted by molar-refractivity contribution is 8.40. The molecule has 782 valence electrons. The summed E-state index contributed by atoms with van der Waals surface area (Å²) < 4.78 is 203. The fourth-order valence-electron chi connectivity index (χ4n) is 12.3. The van der Waals surface area contributed by atoms with E-state index < -0.39 is 81.5 Å². The number of fused-ring (bicyclic) bond motifs is 3. The fraction of sp³-hybridized carbons (Fsp3) is 0.131. The zero-order chi connectivity index (χ0) is 109. The van der Waals surface area contributed by atoms with E-state index in [0.717, 1.165) is 62.4 Å². The molecule has 0 aliphatic rings. The molecule has 0 radical (unpaired) electrons. The Bertz CT molecular complexity index is 7210. The number of carbonyl (C=O) groups excluding carboxylic acids is 2. The van der Waals surface area contributed by atoms with E-state index in [4.69, 9.17) is 118 Å². The summed E-state index contributed by atoms with van der Waals surface area (Å²) in [6, 6.07) is 79.9. The Balaban J connectivity index is 0.000000313. The van der Waals surface area contributed by atoms with Gasteiger partial charge in [0.05, 0.1) is 183 Å². The van der Waals surface area contributed by atoms with Crippen molar-refractivity contribution in [3.8, 4) is 114 Å². The van der Waals surface area contributed by atoms with Crippen molar-refractivity contribution in [2.75, 3.05) is 99.6 Å². The molecule has 0 fully saturated rings. The number of thiol groups is 1. The number of halogens is 7. The number of anilines is 4. The van der Waals surface area contributed by atoms with Crippen LogP contribution in [0.15, 0.2) is 311 Å². The smallest absolute Gasteiger partial charge is 0.294 e. The number of nitrogen functional groups attached to an aromatic ring is 4. The van der Waals surface area contributed by atoms with Gasteiger partial charge < -0.3 is 71.4 Å². The van der Waals surface area contributed by atoms with Crippen molar-refractivity contribution in [2.24, 2.45) is 5.14 Å². The van der Waals surface area contributed by atoms with Crippen molar-refractivity contribution in [1.82, 2.24) is 29.9 Å². The number of sulfonamides is 1. The molecular weight excluding hydrogens is 2130 g/mol. The average molecular weight is 2240 g/mol. The fourth-order valence-corrected chi connectivity index (χ4v) is 14.6. The molecule has 35 nitrogen and oxygen atoms in total. The minimum atomic E-state index is -4.59. The molecule has 0 spiro atoms. The Labute approximate surface area is 875 Å². The monoisotopic (exact) mass is 2240 g/mol. The molecule has 0 aliphatic carbocycles. The zero-order valence-electron chi connectivity index (χ0n) is 80.5. The number of alkyl halides is 2. The van der Waals surface area contributed by atoms with E-state index in [1.54, 1.807) is 137 Å². The summed E-state index contributed by atoms with van der Waals surface area (Å²) in [5, 5.41) is 12.8. The first-order valence-electron chi connectivity index (χ1n) is 42.3. The van der Waals surface area contributed by atoms with E-state index in [1.165, 1.54) is 54.6 Å². The van der Waals surface area contributed by atoms with Crippen LogP contribution in [0.5, 0.6) is 46.0 Å². The Morgan fingerprint density at radius 2 is 0.571 bits per heavy atom. The molecule has 16 aromatic rings. The van der Waals surface area contributed by atoms with Crippen molar-refractivity contribution in [1.29, 1.82) is 1.12 Å². The summed E-state index contributed by atoms with van der Waals surface area (Å²) in [6.07, 6.45) is 0. The summed E-state index contributed by atoms with van der Waals surface area (Å²) in [7, 11) is 12.9. The largest absolute Gasteiger partial charge is 0.497 e. The summed E-state index contributed by atoms with van der Waals surface area (Å²) in [4.78, 5) is 52.1.